The molecule has 4 N–H and O–H groups in total. The minimum atomic E-state index is -1.59. The summed E-state index contributed by atoms with van der Waals surface area (Å²) in [4.78, 5) is 0. The van der Waals surface area contributed by atoms with Crippen molar-refractivity contribution in [3.63, 3.8) is 0 Å². The van der Waals surface area contributed by atoms with Crippen LogP contribution in [0.5, 0.6) is 0 Å². The van der Waals surface area contributed by atoms with E-state index in [1.54, 1.807) is 30.3 Å². The predicted molar refractivity (Wildman–Crippen MR) is 73.4 cm³/mol. The number of rotatable bonds is 2. The quantitative estimate of drug-likeness (QED) is 0.439. The molecule has 0 amide bonds. The summed E-state index contributed by atoms with van der Waals surface area (Å²) in [5, 5.41) is 38.3. The predicted octanol–water partition coefficient (Wildman–Crippen LogP) is -1.05. The summed E-state index contributed by atoms with van der Waals surface area (Å²) in [5.74, 6) is 0. The molecular weight excluding hydrogens is 246 g/mol. The molecule has 0 bridgehead atoms. The highest BCUT2D eigenvalue weighted by Gasteiger charge is 2.20. The van der Waals surface area contributed by atoms with Crippen molar-refractivity contribution in [1.82, 2.24) is 0 Å². The van der Waals surface area contributed by atoms with E-state index in [1.807, 2.05) is 0 Å². The zero-order chi connectivity index (χ0) is 13.6. The lowest BCUT2D eigenvalue weighted by molar-refractivity contribution is 0.424. The Morgan fingerprint density at radius 2 is 1.63 bits per heavy atom. The maximum Gasteiger partial charge on any atom is 0.489 e. The van der Waals surface area contributed by atoms with Gasteiger partial charge in [-0.1, -0.05) is 24.3 Å². The molecule has 0 unspecified atom stereocenters. The lowest BCUT2D eigenvalue weighted by Crippen LogP contribution is -2.30. The Kier molecular flexibility index (Phi) is 2.83. The Bertz CT molecular complexity index is 750. The van der Waals surface area contributed by atoms with Crippen LogP contribution in [-0.4, -0.2) is 34.3 Å². The van der Waals surface area contributed by atoms with Crippen molar-refractivity contribution < 1.29 is 24.5 Å². The average molecular weight is 256 g/mol. The van der Waals surface area contributed by atoms with Crippen LogP contribution in [0, 0.1) is 0 Å². The molecule has 0 aliphatic rings. The first-order valence-electron chi connectivity index (χ1n) is 5.75. The fourth-order valence-corrected chi connectivity index (χ4v) is 2.25. The highest BCUT2D eigenvalue weighted by Crippen LogP contribution is 2.26. The fraction of sp³-hybridized carbons (Fsp3) is 0. The van der Waals surface area contributed by atoms with E-state index >= 15 is 0 Å². The Balaban J connectivity index is 2.37. The number of benzene rings is 2. The van der Waals surface area contributed by atoms with E-state index in [4.69, 9.17) is 14.5 Å². The molecule has 0 radical (unpaired) electrons. The van der Waals surface area contributed by atoms with Crippen molar-refractivity contribution in [1.29, 1.82) is 0 Å². The minimum Gasteiger partial charge on any atom is -0.456 e. The van der Waals surface area contributed by atoms with Gasteiger partial charge in [0.25, 0.3) is 0 Å². The van der Waals surface area contributed by atoms with E-state index in [2.05, 4.69) is 0 Å². The van der Waals surface area contributed by atoms with Crippen molar-refractivity contribution in [2.24, 2.45) is 0 Å². The van der Waals surface area contributed by atoms with Gasteiger partial charge < -0.3 is 24.5 Å². The van der Waals surface area contributed by atoms with Gasteiger partial charge in [-0.3, -0.25) is 0 Å². The number of hydrogen-bond acceptors (Lipinski definition) is 5. The van der Waals surface area contributed by atoms with Gasteiger partial charge in [-0.15, -0.1) is 0 Å². The largest absolute Gasteiger partial charge is 0.489 e. The molecule has 7 heteroatoms. The summed E-state index contributed by atoms with van der Waals surface area (Å²) in [6, 6.07) is 9.74. The zero-order valence-corrected chi connectivity index (χ0v) is 9.82. The van der Waals surface area contributed by atoms with Gasteiger partial charge in [0, 0.05) is 10.8 Å². The summed E-state index contributed by atoms with van der Waals surface area (Å²) >= 11 is 0. The summed E-state index contributed by atoms with van der Waals surface area (Å²) in [5.41, 5.74) is 1.66. The Hall–Kier alpha value is -1.79. The third-order valence-electron chi connectivity index (χ3n) is 3.13. The van der Waals surface area contributed by atoms with Gasteiger partial charge in [0.1, 0.15) is 11.2 Å². The molecule has 1 heterocycles. The molecule has 0 aliphatic carbocycles. The van der Waals surface area contributed by atoms with Crippen molar-refractivity contribution in [3.8, 4) is 0 Å². The molecule has 5 nitrogen and oxygen atoms in total. The molecule has 0 saturated heterocycles. The van der Waals surface area contributed by atoms with Gasteiger partial charge in [-0.25, -0.2) is 0 Å². The first-order valence-corrected chi connectivity index (χ1v) is 5.75. The zero-order valence-electron chi connectivity index (χ0n) is 9.82. The van der Waals surface area contributed by atoms with Crippen molar-refractivity contribution in [2.45, 2.75) is 0 Å². The molecular formula is C12H10B2O5. The number of fused-ring (bicyclic) bond motifs is 3. The molecule has 3 rings (SSSR count). The van der Waals surface area contributed by atoms with E-state index in [9.17, 15) is 10.0 Å². The minimum absolute atomic E-state index is 0.317. The topological polar surface area (TPSA) is 94.1 Å². The van der Waals surface area contributed by atoms with E-state index in [0.29, 0.717) is 32.9 Å². The van der Waals surface area contributed by atoms with Crippen molar-refractivity contribution in [2.75, 3.05) is 0 Å². The summed E-state index contributed by atoms with van der Waals surface area (Å²) in [7, 11) is -3.16. The van der Waals surface area contributed by atoms with Crippen LogP contribution in [0.1, 0.15) is 0 Å². The van der Waals surface area contributed by atoms with Crippen LogP contribution >= 0.6 is 0 Å². The van der Waals surface area contributed by atoms with E-state index in [0.717, 1.165) is 0 Å². The summed E-state index contributed by atoms with van der Waals surface area (Å²) in [6.07, 6.45) is 0. The Labute approximate surface area is 109 Å². The van der Waals surface area contributed by atoms with Crippen LogP contribution in [0.2, 0.25) is 0 Å². The maximum absolute atomic E-state index is 9.38. The fourth-order valence-electron chi connectivity index (χ4n) is 2.25. The van der Waals surface area contributed by atoms with Crippen molar-refractivity contribution >= 4 is 47.1 Å². The van der Waals surface area contributed by atoms with Gasteiger partial charge in [-0.05, 0) is 23.1 Å². The average Bonchev–Trinajstić information content (AvgIpc) is 2.75. The summed E-state index contributed by atoms with van der Waals surface area (Å²) in [6.45, 7) is 0. The number of furan rings is 1. The second-order valence-corrected chi connectivity index (χ2v) is 4.33. The summed E-state index contributed by atoms with van der Waals surface area (Å²) < 4.78 is 5.59. The van der Waals surface area contributed by atoms with E-state index in [-0.39, 0.29) is 0 Å². The Morgan fingerprint density at radius 1 is 0.842 bits per heavy atom. The second kappa shape index (κ2) is 4.40. The van der Waals surface area contributed by atoms with Gasteiger partial charge in [0.15, 0.2) is 0 Å². The van der Waals surface area contributed by atoms with Gasteiger partial charge >= 0.3 is 14.2 Å². The molecule has 0 aliphatic heterocycles. The normalized spacial score (nSPS) is 11.2. The van der Waals surface area contributed by atoms with E-state index < -0.39 is 14.2 Å². The maximum atomic E-state index is 9.38. The molecule has 3 aromatic rings. The van der Waals surface area contributed by atoms with Crippen LogP contribution < -0.4 is 10.9 Å². The standard InChI is InChI=1S/C12H10B2O5/c15-13(16)7-4-5-8-11(6-7)19-10-3-1-2-9(12(8)10)14(17)18/h1-6,15-18H. The van der Waals surface area contributed by atoms with Gasteiger partial charge in [0.2, 0.25) is 0 Å². The van der Waals surface area contributed by atoms with Gasteiger partial charge in [0.05, 0.1) is 0 Å². The smallest absolute Gasteiger partial charge is 0.456 e. The first-order chi connectivity index (χ1) is 9.08. The van der Waals surface area contributed by atoms with Gasteiger partial charge in [-0.2, -0.15) is 0 Å². The highest BCUT2D eigenvalue weighted by atomic mass is 16.4. The third-order valence-corrected chi connectivity index (χ3v) is 3.13. The molecule has 2 aromatic carbocycles. The first kappa shape index (κ1) is 12.3. The van der Waals surface area contributed by atoms with Crippen LogP contribution in [0.25, 0.3) is 21.9 Å². The number of hydrogen-bond donors (Lipinski definition) is 4. The lowest BCUT2D eigenvalue weighted by atomic mass is 9.77. The molecule has 0 saturated carbocycles. The molecule has 0 spiro atoms. The van der Waals surface area contributed by atoms with E-state index in [1.165, 1.54) is 6.07 Å². The van der Waals surface area contributed by atoms with Crippen LogP contribution in [0.3, 0.4) is 0 Å². The molecule has 0 atom stereocenters. The highest BCUT2D eigenvalue weighted by molar-refractivity contribution is 6.63. The molecule has 1 aromatic heterocycles. The van der Waals surface area contributed by atoms with Crippen molar-refractivity contribution in [3.05, 3.63) is 36.4 Å². The Morgan fingerprint density at radius 3 is 2.32 bits per heavy atom. The van der Waals surface area contributed by atoms with Crippen LogP contribution in [0.4, 0.5) is 0 Å². The monoisotopic (exact) mass is 256 g/mol. The molecule has 94 valence electrons. The van der Waals surface area contributed by atoms with Crippen LogP contribution in [-0.2, 0) is 0 Å². The third kappa shape index (κ3) is 1.93. The SMILES string of the molecule is OB(O)c1ccc2c(c1)oc1cccc(B(O)O)c12. The lowest BCUT2D eigenvalue weighted by Gasteiger charge is -2.01. The molecule has 0 fully saturated rings. The second-order valence-electron chi connectivity index (χ2n) is 4.33. The van der Waals surface area contributed by atoms with Crippen LogP contribution in [0.15, 0.2) is 40.8 Å². The molecule has 19 heavy (non-hydrogen) atoms.